The second-order valence-corrected chi connectivity index (χ2v) is 9.50. The summed E-state index contributed by atoms with van der Waals surface area (Å²) in [5.41, 5.74) is 2.25. The molecule has 0 spiro atoms. The number of nitrogens with zero attached hydrogens (tertiary/aromatic N) is 3. The summed E-state index contributed by atoms with van der Waals surface area (Å²) in [6.07, 6.45) is 2.57. The van der Waals surface area contributed by atoms with E-state index in [1.54, 1.807) is 0 Å². The highest BCUT2D eigenvalue weighted by molar-refractivity contribution is 7.88. The van der Waals surface area contributed by atoms with Crippen molar-refractivity contribution in [2.75, 3.05) is 19.3 Å². The molecule has 1 saturated heterocycles. The van der Waals surface area contributed by atoms with Crippen LogP contribution in [0.25, 0.3) is 10.2 Å². The molecule has 2 aromatic rings. The Hall–Kier alpha value is -1.51. The minimum Gasteiger partial charge on any atom is -0.317 e. The predicted octanol–water partition coefficient (Wildman–Crippen LogP) is 2.13. The largest absolute Gasteiger partial charge is 0.317 e. The smallest absolute Gasteiger partial charge is 0.252 e. The van der Waals surface area contributed by atoms with E-state index in [2.05, 4.69) is 23.2 Å². The number of fused-ring (bicyclic) bond motifs is 1. The van der Waals surface area contributed by atoms with E-state index in [0.29, 0.717) is 24.2 Å². The van der Waals surface area contributed by atoms with Crippen LogP contribution < -0.4 is 4.80 Å². The summed E-state index contributed by atoms with van der Waals surface area (Å²) >= 11 is 1.50. The zero-order chi connectivity index (χ0) is 18.2. The molecule has 1 aliphatic rings. The van der Waals surface area contributed by atoms with Crippen molar-refractivity contribution in [3.8, 4) is 0 Å². The number of sulfonamides is 1. The number of thiazole rings is 1. The number of amides is 1. The van der Waals surface area contributed by atoms with E-state index in [9.17, 15) is 13.2 Å². The summed E-state index contributed by atoms with van der Waals surface area (Å²) < 4.78 is 28.0. The first-order valence-electron chi connectivity index (χ1n) is 8.43. The van der Waals surface area contributed by atoms with Gasteiger partial charge in [0.15, 0.2) is 4.80 Å². The van der Waals surface area contributed by atoms with Crippen molar-refractivity contribution in [2.45, 2.75) is 33.2 Å². The maximum absolute atomic E-state index is 12.7. The van der Waals surface area contributed by atoms with Crippen LogP contribution in [-0.2, 0) is 21.4 Å². The third-order valence-electron chi connectivity index (χ3n) is 4.56. The summed E-state index contributed by atoms with van der Waals surface area (Å²) in [6.45, 7) is 5.52. The van der Waals surface area contributed by atoms with E-state index in [1.807, 2.05) is 18.4 Å². The van der Waals surface area contributed by atoms with E-state index in [0.717, 1.165) is 16.8 Å². The highest BCUT2D eigenvalue weighted by Crippen LogP contribution is 2.21. The molecule has 1 fully saturated rings. The van der Waals surface area contributed by atoms with Crippen molar-refractivity contribution in [1.29, 1.82) is 0 Å². The maximum Gasteiger partial charge on any atom is 0.252 e. The minimum atomic E-state index is -3.27. The Kier molecular flexibility index (Phi) is 5.13. The van der Waals surface area contributed by atoms with Crippen LogP contribution in [0.4, 0.5) is 0 Å². The highest BCUT2D eigenvalue weighted by Gasteiger charge is 2.30. The van der Waals surface area contributed by atoms with Gasteiger partial charge in [0.1, 0.15) is 0 Å². The first kappa shape index (κ1) is 18.3. The summed E-state index contributed by atoms with van der Waals surface area (Å²) in [6, 6.07) is 6.21. The molecule has 0 saturated carbocycles. The zero-order valence-corrected chi connectivity index (χ0v) is 16.4. The second kappa shape index (κ2) is 7.01. The average molecular weight is 382 g/mol. The van der Waals surface area contributed by atoms with Gasteiger partial charge in [0.25, 0.3) is 5.91 Å². The third-order valence-corrected chi connectivity index (χ3v) is 6.87. The number of carbonyl (C=O) groups excluding carboxylic acids is 1. The second-order valence-electron chi connectivity index (χ2n) is 6.51. The molecule has 0 aliphatic carbocycles. The number of rotatable bonds is 3. The topological polar surface area (TPSA) is 71.7 Å². The molecule has 1 unspecified atom stereocenters. The number of carbonyl (C=O) groups is 1. The predicted molar refractivity (Wildman–Crippen MR) is 99.9 cm³/mol. The number of hydrogen-bond acceptors (Lipinski definition) is 4. The molecule has 1 aromatic heterocycles. The lowest BCUT2D eigenvalue weighted by Crippen LogP contribution is -2.41. The van der Waals surface area contributed by atoms with Crippen LogP contribution in [0.2, 0.25) is 0 Å². The van der Waals surface area contributed by atoms with E-state index in [-0.39, 0.29) is 18.4 Å². The van der Waals surface area contributed by atoms with Gasteiger partial charge in [-0.15, -0.1) is 0 Å². The molecule has 2 heterocycles. The summed E-state index contributed by atoms with van der Waals surface area (Å²) in [4.78, 5) is 17.7. The Bertz CT molecular complexity index is 973. The Balaban J connectivity index is 1.94. The molecule has 1 atom stereocenters. The minimum absolute atomic E-state index is 0.223. The van der Waals surface area contributed by atoms with Gasteiger partial charge in [0.2, 0.25) is 10.0 Å². The number of benzene rings is 1. The van der Waals surface area contributed by atoms with Gasteiger partial charge in [-0.1, -0.05) is 17.4 Å². The monoisotopic (exact) mass is 381 g/mol. The van der Waals surface area contributed by atoms with Crippen LogP contribution in [-0.4, -0.2) is 42.5 Å². The quantitative estimate of drug-likeness (QED) is 0.818. The molecule has 8 heteroatoms. The Morgan fingerprint density at radius 3 is 2.84 bits per heavy atom. The first-order valence-corrected chi connectivity index (χ1v) is 11.1. The van der Waals surface area contributed by atoms with Gasteiger partial charge in [0, 0.05) is 19.6 Å². The molecular weight excluding hydrogens is 358 g/mol. The van der Waals surface area contributed by atoms with Crippen molar-refractivity contribution >= 4 is 37.5 Å². The molecule has 1 aromatic carbocycles. The lowest BCUT2D eigenvalue weighted by Gasteiger charge is -2.28. The molecule has 136 valence electrons. The number of piperidine rings is 1. The van der Waals surface area contributed by atoms with Gasteiger partial charge in [-0.3, -0.25) is 4.79 Å². The molecule has 1 aliphatic heterocycles. The molecule has 0 radical (unpaired) electrons. The Morgan fingerprint density at radius 2 is 2.16 bits per heavy atom. The lowest BCUT2D eigenvalue weighted by atomic mass is 9.99. The number of hydrogen-bond donors (Lipinski definition) is 0. The molecule has 6 nitrogen and oxygen atoms in total. The van der Waals surface area contributed by atoms with Crippen molar-refractivity contribution in [1.82, 2.24) is 8.87 Å². The Labute approximate surface area is 151 Å². The third kappa shape index (κ3) is 3.86. The van der Waals surface area contributed by atoms with Gasteiger partial charge in [-0.2, -0.15) is 4.99 Å². The van der Waals surface area contributed by atoms with Crippen molar-refractivity contribution in [3.05, 3.63) is 28.6 Å². The van der Waals surface area contributed by atoms with E-state index in [1.165, 1.54) is 27.5 Å². The van der Waals surface area contributed by atoms with Crippen LogP contribution >= 0.6 is 11.3 Å². The van der Waals surface area contributed by atoms with Gasteiger partial charge in [0.05, 0.1) is 22.4 Å². The van der Waals surface area contributed by atoms with Crippen LogP contribution in [0.3, 0.4) is 0 Å². The molecule has 1 amide bonds. The summed E-state index contributed by atoms with van der Waals surface area (Å²) in [7, 11) is -3.27. The molecule has 0 N–H and O–H groups in total. The van der Waals surface area contributed by atoms with Crippen LogP contribution in [0.1, 0.15) is 25.3 Å². The zero-order valence-electron chi connectivity index (χ0n) is 14.7. The highest BCUT2D eigenvalue weighted by atomic mass is 32.2. The van der Waals surface area contributed by atoms with Crippen LogP contribution in [0.5, 0.6) is 0 Å². The first-order chi connectivity index (χ1) is 11.8. The van der Waals surface area contributed by atoms with Crippen LogP contribution in [0.15, 0.2) is 23.2 Å². The van der Waals surface area contributed by atoms with E-state index in [4.69, 9.17) is 0 Å². The SMILES string of the molecule is CCn1c(=NC(=O)C2CCCN(S(C)(=O)=O)C2)sc2cc(C)ccc21. The van der Waals surface area contributed by atoms with Crippen molar-refractivity contribution in [3.63, 3.8) is 0 Å². The molecule has 0 bridgehead atoms. The number of aromatic nitrogens is 1. The Morgan fingerprint density at radius 1 is 1.40 bits per heavy atom. The maximum atomic E-state index is 12.7. The van der Waals surface area contributed by atoms with Crippen molar-refractivity contribution < 1.29 is 13.2 Å². The fraction of sp³-hybridized carbons (Fsp3) is 0.529. The van der Waals surface area contributed by atoms with Crippen LogP contribution in [0, 0.1) is 12.8 Å². The average Bonchev–Trinajstić information content (AvgIpc) is 2.90. The summed E-state index contributed by atoms with van der Waals surface area (Å²) in [5, 5.41) is 0. The molecule has 3 rings (SSSR count). The van der Waals surface area contributed by atoms with Gasteiger partial charge in [-0.25, -0.2) is 12.7 Å². The normalized spacial score (nSPS) is 20.3. The standard InChI is InChI=1S/C17H23N3O3S2/c1-4-20-14-8-7-12(2)10-15(14)24-17(20)18-16(21)13-6-5-9-19(11-13)25(3,22)23/h7-8,10,13H,4-6,9,11H2,1-3H3. The fourth-order valence-corrected chi connectivity index (χ4v) is 5.31. The fourth-order valence-electron chi connectivity index (χ4n) is 3.20. The van der Waals surface area contributed by atoms with Gasteiger partial charge < -0.3 is 4.57 Å². The van der Waals surface area contributed by atoms with E-state index < -0.39 is 10.0 Å². The van der Waals surface area contributed by atoms with Crippen molar-refractivity contribution in [2.24, 2.45) is 10.9 Å². The van der Waals surface area contributed by atoms with Gasteiger partial charge >= 0.3 is 0 Å². The summed E-state index contributed by atoms with van der Waals surface area (Å²) in [5.74, 6) is -0.584. The molecular formula is C17H23N3O3S2. The van der Waals surface area contributed by atoms with Gasteiger partial charge in [-0.05, 0) is 44.4 Å². The lowest BCUT2D eigenvalue weighted by molar-refractivity contribution is -0.122. The van der Waals surface area contributed by atoms with E-state index >= 15 is 0 Å². The number of aryl methyl sites for hydroxylation is 2. The molecule has 25 heavy (non-hydrogen) atoms.